The van der Waals surface area contributed by atoms with Gasteiger partial charge in [-0.3, -0.25) is 9.59 Å². The van der Waals surface area contributed by atoms with Crippen LogP contribution in [0.1, 0.15) is 28.8 Å². The minimum Gasteiger partial charge on any atom is -0.337 e. The normalized spacial score (nSPS) is 14.1. The third kappa shape index (κ3) is 3.67. The molecule has 0 spiro atoms. The van der Waals surface area contributed by atoms with Crippen LogP contribution in [0.3, 0.4) is 0 Å². The Morgan fingerprint density at radius 1 is 1.12 bits per heavy atom. The van der Waals surface area contributed by atoms with E-state index in [-0.39, 0.29) is 11.8 Å². The summed E-state index contributed by atoms with van der Waals surface area (Å²) in [7, 11) is 1.79. The Balaban J connectivity index is 1.67. The SMILES string of the molecule is CN(Cc1ccc(Br)cc1)C(=O)c1ccc(N2CCCC2=O)cc1. The van der Waals surface area contributed by atoms with Gasteiger partial charge in [-0.1, -0.05) is 28.1 Å². The highest BCUT2D eigenvalue weighted by Crippen LogP contribution is 2.22. The summed E-state index contributed by atoms with van der Waals surface area (Å²) in [6, 6.07) is 15.2. The number of amides is 2. The van der Waals surface area contributed by atoms with E-state index < -0.39 is 0 Å². The lowest BCUT2D eigenvalue weighted by Gasteiger charge is -2.19. The third-order valence-corrected chi connectivity index (χ3v) is 4.71. The maximum absolute atomic E-state index is 12.5. The van der Waals surface area contributed by atoms with E-state index in [2.05, 4.69) is 15.9 Å². The monoisotopic (exact) mass is 386 g/mol. The van der Waals surface area contributed by atoms with Crippen LogP contribution < -0.4 is 4.90 Å². The van der Waals surface area contributed by atoms with E-state index in [4.69, 9.17) is 0 Å². The predicted octanol–water partition coefficient (Wildman–Crippen LogP) is 3.85. The van der Waals surface area contributed by atoms with Crippen molar-refractivity contribution in [1.82, 2.24) is 4.90 Å². The minimum absolute atomic E-state index is 0.0304. The summed E-state index contributed by atoms with van der Waals surface area (Å²) >= 11 is 3.41. The zero-order chi connectivity index (χ0) is 17.1. The highest BCUT2D eigenvalue weighted by Gasteiger charge is 2.22. The van der Waals surface area contributed by atoms with Gasteiger partial charge in [0.2, 0.25) is 5.91 Å². The summed E-state index contributed by atoms with van der Waals surface area (Å²) in [4.78, 5) is 27.8. The maximum Gasteiger partial charge on any atom is 0.253 e. The average molecular weight is 387 g/mol. The molecule has 3 rings (SSSR count). The number of halogens is 1. The molecule has 1 aliphatic rings. The van der Waals surface area contributed by atoms with Crippen molar-refractivity contribution in [3.8, 4) is 0 Å². The molecule has 0 aromatic heterocycles. The zero-order valence-electron chi connectivity index (χ0n) is 13.5. The molecule has 4 nitrogen and oxygen atoms in total. The Morgan fingerprint density at radius 2 is 1.79 bits per heavy atom. The molecule has 1 aliphatic heterocycles. The van der Waals surface area contributed by atoms with Gasteiger partial charge in [0, 0.05) is 42.3 Å². The topological polar surface area (TPSA) is 40.6 Å². The highest BCUT2D eigenvalue weighted by atomic mass is 79.9. The van der Waals surface area contributed by atoms with Gasteiger partial charge in [-0.05, 0) is 48.4 Å². The second-order valence-electron chi connectivity index (χ2n) is 5.98. The molecule has 2 amide bonds. The van der Waals surface area contributed by atoms with E-state index in [1.807, 2.05) is 36.4 Å². The number of carbonyl (C=O) groups excluding carboxylic acids is 2. The van der Waals surface area contributed by atoms with Crippen molar-refractivity contribution in [2.24, 2.45) is 0 Å². The van der Waals surface area contributed by atoms with Crippen molar-refractivity contribution < 1.29 is 9.59 Å². The Morgan fingerprint density at radius 3 is 2.38 bits per heavy atom. The van der Waals surface area contributed by atoms with Crippen LogP contribution in [0.15, 0.2) is 53.0 Å². The van der Waals surface area contributed by atoms with E-state index in [0.29, 0.717) is 18.5 Å². The van der Waals surface area contributed by atoms with Crippen molar-refractivity contribution in [3.63, 3.8) is 0 Å². The summed E-state index contributed by atoms with van der Waals surface area (Å²) in [5.41, 5.74) is 2.57. The molecule has 24 heavy (non-hydrogen) atoms. The van der Waals surface area contributed by atoms with Gasteiger partial charge in [-0.2, -0.15) is 0 Å². The van der Waals surface area contributed by atoms with Crippen LogP contribution >= 0.6 is 15.9 Å². The fraction of sp³-hybridized carbons (Fsp3) is 0.263. The molecule has 0 radical (unpaired) electrons. The molecular weight excluding hydrogens is 368 g/mol. The van der Waals surface area contributed by atoms with Gasteiger partial charge < -0.3 is 9.80 Å². The van der Waals surface area contributed by atoms with Crippen LogP contribution in [0.2, 0.25) is 0 Å². The van der Waals surface area contributed by atoms with Crippen molar-refractivity contribution in [1.29, 1.82) is 0 Å². The van der Waals surface area contributed by atoms with E-state index >= 15 is 0 Å². The first kappa shape index (κ1) is 16.7. The summed E-state index contributed by atoms with van der Waals surface area (Å²) in [5, 5.41) is 0. The van der Waals surface area contributed by atoms with Crippen LogP contribution in [0.5, 0.6) is 0 Å². The summed E-state index contributed by atoms with van der Waals surface area (Å²) in [6.45, 7) is 1.31. The minimum atomic E-state index is -0.0304. The number of anilines is 1. The number of rotatable bonds is 4. The Hall–Kier alpha value is -2.14. The van der Waals surface area contributed by atoms with Crippen LogP contribution in [-0.4, -0.2) is 30.3 Å². The van der Waals surface area contributed by atoms with Crippen molar-refractivity contribution in [3.05, 3.63) is 64.1 Å². The molecule has 0 N–H and O–H groups in total. The van der Waals surface area contributed by atoms with E-state index in [1.54, 1.807) is 29.0 Å². The third-order valence-electron chi connectivity index (χ3n) is 4.18. The predicted molar refractivity (Wildman–Crippen MR) is 98.0 cm³/mol. The first-order chi connectivity index (χ1) is 11.5. The first-order valence-corrected chi connectivity index (χ1v) is 8.74. The molecule has 0 atom stereocenters. The fourth-order valence-electron chi connectivity index (χ4n) is 2.86. The van der Waals surface area contributed by atoms with Crippen molar-refractivity contribution in [2.45, 2.75) is 19.4 Å². The molecule has 2 aromatic carbocycles. The molecule has 2 aromatic rings. The molecule has 0 aliphatic carbocycles. The maximum atomic E-state index is 12.5. The molecule has 0 bridgehead atoms. The highest BCUT2D eigenvalue weighted by molar-refractivity contribution is 9.10. The second kappa shape index (κ2) is 7.18. The lowest BCUT2D eigenvalue weighted by Crippen LogP contribution is -2.26. The Kier molecular flexibility index (Phi) is 5.00. The number of nitrogens with zero attached hydrogens (tertiary/aromatic N) is 2. The summed E-state index contributed by atoms with van der Waals surface area (Å²) < 4.78 is 1.02. The second-order valence-corrected chi connectivity index (χ2v) is 6.90. The molecular formula is C19H19BrN2O2. The molecule has 0 saturated carbocycles. The Labute approximate surface area is 150 Å². The lowest BCUT2D eigenvalue weighted by molar-refractivity contribution is -0.117. The molecule has 1 heterocycles. The van der Waals surface area contributed by atoms with Crippen LogP contribution in [-0.2, 0) is 11.3 Å². The molecule has 0 unspecified atom stereocenters. The molecule has 1 fully saturated rings. The van der Waals surface area contributed by atoms with Gasteiger partial charge in [0.15, 0.2) is 0 Å². The van der Waals surface area contributed by atoms with Crippen molar-refractivity contribution in [2.75, 3.05) is 18.5 Å². The number of carbonyl (C=O) groups is 2. The molecule has 5 heteroatoms. The molecule has 1 saturated heterocycles. The van der Waals surface area contributed by atoms with E-state index in [0.717, 1.165) is 28.7 Å². The summed E-state index contributed by atoms with van der Waals surface area (Å²) in [6.07, 6.45) is 1.51. The fourth-order valence-corrected chi connectivity index (χ4v) is 3.13. The quantitative estimate of drug-likeness (QED) is 0.800. The summed E-state index contributed by atoms with van der Waals surface area (Å²) in [5.74, 6) is 0.124. The van der Waals surface area contributed by atoms with E-state index in [1.165, 1.54) is 0 Å². The first-order valence-electron chi connectivity index (χ1n) is 7.95. The van der Waals surface area contributed by atoms with Crippen molar-refractivity contribution >= 4 is 33.4 Å². The van der Waals surface area contributed by atoms with Gasteiger partial charge in [-0.15, -0.1) is 0 Å². The smallest absolute Gasteiger partial charge is 0.253 e. The zero-order valence-corrected chi connectivity index (χ0v) is 15.1. The largest absolute Gasteiger partial charge is 0.337 e. The number of hydrogen-bond donors (Lipinski definition) is 0. The Bertz CT molecular complexity index is 741. The number of benzene rings is 2. The van der Waals surface area contributed by atoms with Crippen LogP contribution in [0, 0.1) is 0 Å². The van der Waals surface area contributed by atoms with Gasteiger partial charge in [0.25, 0.3) is 5.91 Å². The van der Waals surface area contributed by atoms with Crippen LogP contribution in [0.4, 0.5) is 5.69 Å². The van der Waals surface area contributed by atoms with Crippen LogP contribution in [0.25, 0.3) is 0 Å². The van der Waals surface area contributed by atoms with Gasteiger partial charge in [0.1, 0.15) is 0 Å². The molecule has 124 valence electrons. The lowest BCUT2D eigenvalue weighted by atomic mass is 10.1. The van der Waals surface area contributed by atoms with Gasteiger partial charge in [-0.25, -0.2) is 0 Å². The number of hydrogen-bond acceptors (Lipinski definition) is 2. The standard InChI is InChI=1S/C19H19BrN2O2/c1-21(13-14-4-8-16(20)9-5-14)19(24)15-6-10-17(11-7-15)22-12-2-3-18(22)23/h4-11H,2-3,12-13H2,1H3. The van der Waals surface area contributed by atoms with Gasteiger partial charge >= 0.3 is 0 Å². The average Bonchev–Trinajstić information content (AvgIpc) is 3.02. The van der Waals surface area contributed by atoms with Gasteiger partial charge in [0.05, 0.1) is 0 Å². The van der Waals surface area contributed by atoms with E-state index in [9.17, 15) is 9.59 Å².